The fourth-order valence-electron chi connectivity index (χ4n) is 3.07. The van der Waals surface area contributed by atoms with Crippen LogP contribution in [0.2, 0.25) is 0 Å². The van der Waals surface area contributed by atoms with Gasteiger partial charge in [0, 0.05) is 35.6 Å². The fourth-order valence-corrected chi connectivity index (χ4v) is 3.07. The lowest BCUT2D eigenvalue weighted by Crippen LogP contribution is -2.23. The number of benzene rings is 2. The van der Waals surface area contributed by atoms with Gasteiger partial charge in [-0.2, -0.15) is 0 Å². The quantitative estimate of drug-likeness (QED) is 0.801. The molecule has 3 N–H and O–H groups in total. The molecule has 2 amide bonds. The molecule has 0 saturated heterocycles. The van der Waals surface area contributed by atoms with Crippen LogP contribution in [0.4, 0.5) is 11.4 Å². The molecule has 0 saturated carbocycles. The highest BCUT2D eigenvalue weighted by molar-refractivity contribution is 6.07. The van der Waals surface area contributed by atoms with Crippen LogP contribution in [-0.4, -0.2) is 24.9 Å². The first-order valence-electron chi connectivity index (χ1n) is 8.66. The Kier molecular flexibility index (Phi) is 5.03. The van der Waals surface area contributed by atoms with E-state index in [2.05, 4.69) is 16.0 Å². The molecule has 5 nitrogen and oxygen atoms in total. The van der Waals surface area contributed by atoms with E-state index in [1.807, 2.05) is 38.1 Å². The van der Waals surface area contributed by atoms with E-state index in [1.165, 1.54) is 0 Å². The van der Waals surface area contributed by atoms with Gasteiger partial charge in [-0.15, -0.1) is 0 Å². The van der Waals surface area contributed by atoms with Crippen molar-refractivity contribution >= 4 is 23.2 Å². The van der Waals surface area contributed by atoms with Gasteiger partial charge in [0.25, 0.3) is 11.8 Å². The van der Waals surface area contributed by atoms with Crippen molar-refractivity contribution in [2.45, 2.75) is 26.7 Å². The second-order valence-corrected chi connectivity index (χ2v) is 6.21. The lowest BCUT2D eigenvalue weighted by Gasteiger charge is -2.21. The highest BCUT2D eigenvalue weighted by Crippen LogP contribution is 2.26. The van der Waals surface area contributed by atoms with Gasteiger partial charge in [0.05, 0.1) is 0 Å². The fraction of sp³-hybridized carbons (Fsp3) is 0.300. The van der Waals surface area contributed by atoms with Crippen molar-refractivity contribution in [1.82, 2.24) is 5.32 Å². The maximum atomic E-state index is 12.8. The SMILES string of the molecule is CCNC(=O)c1ccc(C)c(NC(=O)c2cccc3c2CCCN3)c1. The Morgan fingerprint density at radius 3 is 2.80 bits per heavy atom. The van der Waals surface area contributed by atoms with Crippen molar-refractivity contribution in [3.05, 3.63) is 58.7 Å². The first-order chi connectivity index (χ1) is 12.1. The molecule has 2 aromatic carbocycles. The second-order valence-electron chi connectivity index (χ2n) is 6.21. The summed E-state index contributed by atoms with van der Waals surface area (Å²) in [5.74, 6) is -0.281. The van der Waals surface area contributed by atoms with Crippen molar-refractivity contribution < 1.29 is 9.59 Å². The Morgan fingerprint density at radius 1 is 1.16 bits per heavy atom. The van der Waals surface area contributed by atoms with Gasteiger partial charge in [0.1, 0.15) is 0 Å². The van der Waals surface area contributed by atoms with Crippen LogP contribution in [0.5, 0.6) is 0 Å². The van der Waals surface area contributed by atoms with Crippen LogP contribution in [0.25, 0.3) is 0 Å². The number of amides is 2. The number of aryl methyl sites for hydroxylation is 1. The molecule has 0 fully saturated rings. The Bertz CT molecular complexity index is 815. The normalized spacial score (nSPS) is 12.7. The van der Waals surface area contributed by atoms with Crippen LogP contribution in [0.3, 0.4) is 0 Å². The molecule has 0 bridgehead atoms. The average Bonchev–Trinajstić information content (AvgIpc) is 2.63. The zero-order valence-electron chi connectivity index (χ0n) is 14.6. The van der Waals surface area contributed by atoms with Crippen LogP contribution in [0.1, 0.15) is 45.2 Å². The number of nitrogens with one attached hydrogen (secondary N) is 3. The summed E-state index contributed by atoms with van der Waals surface area (Å²) in [7, 11) is 0. The van der Waals surface area contributed by atoms with E-state index in [0.717, 1.165) is 36.2 Å². The molecule has 0 aliphatic carbocycles. The molecule has 0 spiro atoms. The van der Waals surface area contributed by atoms with Crippen molar-refractivity contribution in [1.29, 1.82) is 0 Å². The molecule has 0 radical (unpaired) electrons. The molecule has 25 heavy (non-hydrogen) atoms. The summed E-state index contributed by atoms with van der Waals surface area (Å²) in [6, 6.07) is 11.1. The smallest absolute Gasteiger partial charge is 0.256 e. The van der Waals surface area contributed by atoms with Gasteiger partial charge in [-0.1, -0.05) is 12.1 Å². The third-order valence-electron chi connectivity index (χ3n) is 4.42. The largest absolute Gasteiger partial charge is 0.385 e. The molecule has 1 aliphatic rings. The summed E-state index contributed by atoms with van der Waals surface area (Å²) in [6.45, 7) is 5.30. The van der Waals surface area contributed by atoms with E-state index in [-0.39, 0.29) is 11.8 Å². The minimum atomic E-state index is -0.142. The van der Waals surface area contributed by atoms with E-state index < -0.39 is 0 Å². The van der Waals surface area contributed by atoms with Gasteiger partial charge in [-0.25, -0.2) is 0 Å². The standard InChI is InChI=1S/C20H23N3O2/c1-3-21-19(24)14-10-9-13(2)18(12-14)23-20(25)16-6-4-8-17-15(16)7-5-11-22-17/h4,6,8-10,12,22H,3,5,7,11H2,1-2H3,(H,21,24)(H,23,25). The van der Waals surface area contributed by atoms with Crippen LogP contribution in [-0.2, 0) is 6.42 Å². The molecular weight excluding hydrogens is 314 g/mol. The molecule has 0 unspecified atom stereocenters. The summed E-state index contributed by atoms with van der Waals surface area (Å²) >= 11 is 0. The van der Waals surface area contributed by atoms with E-state index in [4.69, 9.17) is 0 Å². The van der Waals surface area contributed by atoms with Gasteiger partial charge in [0.2, 0.25) is 0 Å². The maximum Gasteiger partial charge on any atom is 0.256 e. The van der Waals surface area contributed by atoms with Crippen LogP contribution in [0, 0.1) is 6.92 Å². The summed E-state index contributed by atoms with van der Waals surface area (Å²) in [5, 5.41) is 9.08. The average molecular weight is 337 g/mol. The monoisotopic (exact) mass is 337 g/mol. The van der Waals surface area contributed by atoms with Gasteiger partial charge in [-0.3, -0.25) is 9.59 Å². The van der Waals surface area contributed by atoms with Crippen molar-refractivity contribution in [3.8, 4) is 0 Å². The molecule has 5 heteroatoms. The van der Waals surface area contributed by atoms with Crippen LogP contribution >= 0.6 is 0 Å². The molecule has 0 aromatic heterocycles. The predicted octanol–water partition coefficient (Wildman–Crippen LogP) is 3.36. The van der Waals surface area contributed by atoms with Gasteiger partial charge in [0.15, 0.2) is 0 Å². The van der Waals surface area contributed by atoms with E-state index in [1.54, 1.807) is 12.1 Å². The predicted molar refractivity (Wildman–Crippen MR) is 100 cm³/mol. The van der Waals surface area contributed by atoms with E-state index >= 15 is 0 Å². The molecule has 1 heterocycles. The summed E-state index contributed by atoms with van der Waals surface area (Å²) < 4.78 is 0. The Morgan fingerprint density at radius 2 is 2.00 bits per heavy atom. The Balaban J connectivity index is 1.86. The van der Waals surface area contributed by atoms with Crippen molar-refractivity contribution in [2.75, 3.05) is 23.7 Å². The number of carbonyl (C=O) groups is 2. The molecule has 130 valence electrons. The van der Waals surface area contributed by atoms with Crippen LogP contribution < -0.4 is 16.0 Å². The van der Waals surface area contributed by atoms with Crippen molar-refractivity contribution in [3.63, 3.8) is 0 Å². The van der Waals surface area contributed by atoms with E-state index in [0.29, 0.717) is 23.4 Å². The number of hydrogen-bond donors (Lipinski definition) is 3. The number of carbonyl (C=O) groups excluding carboxylic acids is 2. The molecule has 0 atom stereocenters. The third-order valence-corrected chi connectivity index (χ3v) is 4.42. The molecule has 3 rings (SSSR count). The molecular formula is C20H23N3O2. The first kappa shape index (κ1) is 17.0. The number of anilines is 2. The lowest BCUT2D eigenvalue weighted by atomic mass is 9.97. The Hall–Kier alpha value is -2.82. The second kappa shape index (κ2) is 7.38. The number of hydrogen-bond acceptors (Lipinski definition) is 3. The third kappa shape index (κ3) is 3.65. The highest BCUT2D eigenvalue weighted by Gasteiger charge is 2.18. The van der Waals surface area contributed by atoms with Crippen LogP contribution in [0.15, 0.2) is 36.4 Å². The van der Waals surface area contributed by atoms with Gasteiger partial charge < -0.3 is 16.0 Å². The minimum Gasteiger partial charge on any atom is -0.385 e. The molecule has 1 aliphatic heterocycles. The van der Waals surface area contributed by atoms with Gasteiger partial charge in [-0.05, 0) is 62.1 Å². The zero-order chi connectivity index (χ0) is 17.8. The summed E-state index contributed by atoms with van der Waals surface area (Å²) in [5.41, 5.74) is 4.90. The zero-order valence-corrected chi connectivity index (χ0v) is 14.6. The lowest BCUT2D eigenvalue weighted by molar-refractivity contribution is 0.0954. The van der Waals surface area contributed by atoms with Gasteiger partial charge >= 0.3 is 0 Å². The topological polar surface area (TPSA) is 70.2 Å². The highest BCUT2D eigenvalue weighted by atomic mass is 16.2. The Labute approximate surface area is 147 Å². The maximum absolute atomic E-state index is 12.8. The first-order valence-corrected chi connectivity index (χ1v) is 8.66. The summed E-state index contributed by atoms with van der Waals surface area (Å²) in [6.07, 6.45) is 1.91. The molecule has 2 aromatic rings. The number of rotatable bonds is 4. The van der Waals surface area contributed by atoms with Crippen molar-refractivity contribution in [2.24, 2.45) is 0 Å². The van der Waals surface area contributed by atoms with E-state index in [9.17, 15) is 9.59 Å². The minimum absolute atomic E-state index is 0.140. The number of fused-ring (bicyclic) bond motifs is 1. The summed E-state index contributed by atoms with van der Waals surface area (Å²) in [4.78, 5) is 24.8.